The molecular formula is C11H18N2O. The molecule has 0 heterocycles. The normalized spacial score (nSPS) is 30.4. The highest BCUT2D eigenvalue weighted by molar-refractivity contribution is 6.01. The van der Waals surface area contributed by atoms with E-state index in [0.717, 1.165) is 25.7 Å². The number of oxime groups is 1. The van der Waals surface area contributed by atoms with E-state index in [-0.39, 0.29) is 0 Å². The van der Waals surface area contributed by atoms with Gasteiger partial charge in [0.05, 0.1) is 5.71 Å². The van der Waals surface area contributed by atoms with E-state index in [1.807, 2.05) is 0 Å². The maximum Gasteiger partial charge on any atom is 0.106 e. The van der Waals surface area contributed by atoms with Gasteiger partial charge in [0.2, 0.25) is 0 Å². The number of allylic oxidation sites excluding steroid dienone is 1. The minimum atomic E-state index is 0.371. The number of nitrogens with zero attached hydrogens (tertiary/aromatic N) is 1. The Balaban J connectivity index is 2.24. The fourth-order valence-corrected chi connectivity index (χ4v) is 2.48. The van der Waals surface area contributed by atoms with Crippen molar-refractivity contribution in [3.63, 3.8) is 0 Å². The Morgan fingerprint density at radius 3 is 3.00 bits per heavy atom. The molecule has 2 rings (SSSR count). The molecule has 14 heavy (non-hydrogen) atoms. The number of hydrogen-bond acceptors (Lipinski definition) is 3. The van der Waals surface area contributed by atoms with Gasteiger partial charge in [-0.25, -0.2) is 0 Å². The highest BCUT2D eigenvalue weighted by Crippen LogP contribution is 2.33. The first kappa shape index (κ1) is 9.71. The van der Waals surface area contributed by atoms with E-state index in [9.17, 15) is 0 Å². The van der Waals surface area contributed by atoms with Crippen molar-refractivity contribution < 1.29 is 4.84 Å². The van der Waals surface area contributed by atoms with Gasteiger partial charge in [-0.05, 0) is 44.1 Å². The zero-order chi connectivity index (χ0) is 9.97. The summed E-state index contributed by atoms with van der Waals surface area (Å²) >= 11 is 0. The third kappa shape index (κ3) is 1.82. The second kappa shape index (κ2) is 4.13. The average Bonchev–Trinajstić information content (AvgIpc) is 2.18. The zero-order valence-corrected chi connectivity index (χ0v) is 8.75. The van der Waals surface area contributed by atoms with E-state index in [1.54, 1.807) is 7.11 Å². The molecule has 0 spiro atoms. The molecule has 0 aromatic heterocycles. The molecule has 0 saturated carbocycles. The van der Waals surface area contributed by atoms with E-state index >= 15 is 0 Å². The predicted octanol–water partition coefficient (Wildman–Crippen LogP) is 1.98. The smallest absolute Gasteiger partial charge is 0.106 e. The summed E-state index contributed by atoms with van der Waals surface area (Å²) in [5, 5.41) is 4.11. The monoisotopic (exact) mass is 194 g/mol. The van der Waals surface area contributed by atoms with Gasteiger partial charge in [-0.3, -0.25) is 0 Å². The van der Waals surface area contributed by atoms with Crippen molar-refractivity contribution in [3.05, 3.63) is 11.1 Å². The van der Waals surface area contributed by atoms with Gasteiger partial charge in [-0.1, -0.05) is 10.7 Å². The Bertz CT molecular complexity index is 281. The van der Waals surface area contributed by atoms with Crippen LogP contribution in [-0.2, 0) is 4.84 Å². The predicted molar refractivity (Wildman–Crippen MR) is 57.1 cm³/mol. The van der Waals surface area contributed by atoms with Crippen LogP contribution < -0.4 is 5.73 Å². The van der Waals surface area contributed by atoms with Gasteiger partial charge in [0.1, 0.15) is 7.11 Å². The molecule has 0 bridgehead atoms. The number of nitrogens with two attached hydrogens (primary N) is 1. The molecule has 0 aromatic carbocycles. The van der Waals surface area contributed by atoms with E-state index in [1.165, 1.54) is 29.7 Å². The topological polar surface area (TPSA) is 47.6 Å². The lowest BCUT2D eigenvalue weighted by atomic mass is 9.79. The van der Waals surface area contributed by atoms with Crippen LogP contribution >= 0.6 is 0 Å². The van der Waals surface area contributed by atoms with Crippen molar-refractivity contribution in [2.24, 2.45) is 10.9 Å². The van der Waals surface area contributed by atoms with Crippen LogP contribution in [0.15, 0.2) is 16.3 Å². The Morgan fingerprint density at radius 1 is 1.36 bits per heavy atom. The Hall–Kier alpha value is -0.830. The van der Waals surface area contributed by atoms with Gasteiger partial charge < -0.3 is 10.6 Å². The molecule has 0 aliphatic heterocycles. The lowest BCUT2D eigenvalue weighted by Crippen LogP contribution is -2.28. The minimum absolute atomic E-state index is 0.371. The van der Waals surface area contributed by atoms with E-state index < -0.39 is 0 Å². The van der Waals surface area contributed by atoms with Crippen molar-refractivity contribution in [2.75, 3.05) is 7.11 Å². The molecule has 1 atom stereocenters. The van der Waals surface area contributed by atoms with Crippen molar-refractivity contribution in [1.82, 2.24) is 0 Å². The van der Waals surface area contributed by atoms with Gasteiger partial charge in [0.15, 0.2) is 0 Å². The largest absolute Gasteiger partial charge is 0.399 e. The highest BCUT2D eigenvalue weighted by Gasteiger charge is 2.24. The Kier molecular flexibility index (Phi) is 2.87. The molecule has 78 valence electrons. The summed E-state index contributed by atoms with van der Waals surface area (Å²) in [6.45, 7) is 0. The van der Waals surface area contributed by atoms with Crippen molar-refractivity contribution >= 4 is 5.71 Å². The molecule has 2 aliphatic carbocycles. The molecule has 3 heteroatoms. The molecule has 0 amide bonds. The number of rotatable bonds is 1. The van der Waals surface area contributed by atoms with Crippen LogP contribution in [-0.4, -0.2) is 18.9 Å². The lowest BCUT2D eigenvalue weighted by Gasteiger charge is -2.28. The van der Waals surface area contributed by atoms with Crippen LogP contribution in [0.25, 0.3) is 0 Å². The van der Waals surface area contributed by atoms with Crippen LogP contribution in [0.4, 0.5) is 0 Å². The standard InChI is InChI=1S/C11H18N2O/c1-14-13-11-4-2-3-8-7-9(12)5-6-10(8)11/h9H,2-7,12H2,1H3. The summed E-state index contributed by atoms with van der Waals surface area (Å²) < 4.78 is 0. The van der Waals surface area contributed by atoms with Crippen LogP contribution in [0, 0.1) is 0 Å². The maximum atomic E-state index is 5.96. The van der Waals surface area contributed by atoms with Gasteiger partial charge in [0.25, 0.3) is 0 Å². The molecular weight excluding hydrogens is 176 g/mol. The summed E-state index contributed by atoms with van der Waals surface area (Å²) in [5.41, 5.74) is 10.1. The van der Waals surface area contributed by atoms with Crippen LogP contribution in [0.1, 0.15) is 38.5 Å². The summed E-state index contributed by atoms with van der Waals surface area (Å²) in [5.74, 6) is 0. The third-order valence-corrected chi connectivity index (χ3v) is 3.14. The molecule has 2 aliphatic rings. The third-order valence-electron chi connectivity index (χ3n) is 3.14. The molecule has 0 aromatic rings. The molecule has 3 nitrogen and oxygen atoms in total. The first-order valence-electron chi connectivity index (χ1n) is 5.38. The summed E-state index contributed by atoms with van der Waals surface area (Å²) in [7, 11) is 1.62. The van der Waals surface area contributed by atoms with Crippen LogP contribution in [0.2, 0.25) is 0 Å². The van der Waals surface area contributed by atoms with Gasteiger partial charge in [-0.2, -0.15) is 0 Å². The Morgan fingerprint density at radius 2 is 2.21 bits per heavy atom. The fraction of sp³-hybridized carbons (Fsp3) is 0.727. The lowest BCUT2D eigenvalue weighted by molar-refractivity contribution is 0.212. The molecule has 2 N–H and O–H groups in total. The van der Waals surface area contributed by atoms with Gasteiger partial charge in [-0.15, -0.1) is 0 Å². The Labute approximate surface area is 85.0 Å². The average molecular weight is 194 g/mol. The maximum absolute atomic E-state index is 5.96. The van der Waals surface area contributed by atoms with Crippen LogP contribution in [0.5, 0.6) is 0 Å². The van der Waals surface area contributed by atoms with Gasteiger partial charge in [0, 0.05) is 6.04 Å². The fourth-order valence-electron chi connectivity index (χ4n) is 2.48. The molecule has 1 unspecified atom stereocenters. The SMILES string of the molecule is CON=C1CCCC2=C1CCC(N)C2. The highest BCUT2D eigenvalue weighted by atomic mass is 16.6. The second-order valence-electron chi connectivity index (χ2n) is 4.16. The summed E-state index contributed by atoms with van der Waals surface area (Å²) in [6.07, 6.45) is 6.75. The van der Waals surface area contributed by atoms with Crippen molar-refractivity contribution in [2.45, 2.75) is 44.6 Å². The second-order valence-corrected chi connectivity index (χ2v) is 4.16. The number of hydrogen-bond donors (Lipinski definition) is 1. The first-order valence-corrected chi connectivity index (χ1v) is 5.38. The van der Waals surface area contributed by atoms with Crippen molar-refractivity contribution in [1.29, 1.82) is 0 Å². The summed E-state index contributed by atoms with van der Waals surface area (Å²) in [6, 6.07) is 0.371. The van der Waals surface area contributed by atoms with Gasteiger partial charge >= 0.3 is 0 Å². The minimum Gasteiger partial charge on any atom is -0.399 e. The van der Waals surface area contributed by atoms with Crippen molar-refractivity contribution in [3.8, 4) is 0 Å². The molecule has 0 fully saturated rings. The summed E-state index contributed by atoms with van der Waals surface area (Å²) in [4.78, 5) is 4.88. The molecule has 0 radical (unpaired) electrons. The first-order chi connectivity index (χ1) is 6.81. The van der Waals surface area contributed by atoms with E-state index in [4.69, 9.17) is 10.6 Å². The quantitative estimate of drug-likeness (QED) is 0.649. The van der Waals surface area contributed by atoms with E-state index in [2.05, 4.69) is 5.16 Å². The van der Waals surface area contributed by atoms with Crippen LogP contribution in [0.3, 0.4) is 0 Å². The zero-order valence-electron chi connectivity index (χ0n) is 8.75. The van der Waals surface area contributed by atoms with E-state index in [0.29, 0.717) is 6.04 Å². The molecule has 0 saturated heterocycles.